The molecule has 0 unspecified atom stereocenters. The van der Waals surface area contributed by atoms with Crippen molar-refractivity contribution >= 4 is 11.9 Å². The highest BCUT2D eigenvalue weighted by Gasteiger charge is 2.31. The van der Waals surface area contributed by atoms with Gasteiger partial charge in [-0.2, -0.15) is 0 Å². The molecule has 6 heteroatoms. The lowest BCUT2D eigenvalue weighted by molar-refractivity contribution is -0.154. The van der Waals surface area contributed by atoms with Gasteiger partial charge in [0.05, 0.1) is 6.04 Å². The fourth-order valence-corrected chi connectivity index (χ4v) is 3.43. The first-order valence-electron chi connectivity index (χ1n) is 9.29. The quantitative estimate of drug-likeness (QED) is 0.758. The van der Waals surface area contributed by atoms with Crippen molar-refractivity contribution in [2.75, 3.05) is 13.2 Å². The first-order valence-corrected chi connectivity index (χ1v) is 9.29. The first kappa shape index (κ1) is 18.7. The summed E-state index contributed by atoms with van der Waals surface area (Å²) < 4.78 is 11.2. The number of hydrogen-bond donors (Lipinski definition) is 0. The highest BCUT2D eigenvalue weighted by atomic mass is 16.8. The Bertz CT molecular complexity index is 679. The van der Waals surface area contributed by atoms with E-state index >= 15 is 0 Å². The van der Waals surface area contributed by atoms with Gasteiger partial charge in [0.25, 0.3) is 0 Å². The van der Waals surface area contributed by atoms with Gasteiger partial charge in [0.2, 0.25) is 0 Å². The summed E-state index contributed by atoms with van der Waals surface area (Å²) in [6, 6.07) is 5.63. The molecular formula is C20H27NO5. The van der Waals surface area contributed by atoms with Gasteiger partial charge < -0.3 is 14.3 Å². The molecule has 0 amide bonds. The molecule has 0 aromatic heterocycles. The normalized spacial score (nSPS) is 20.6. The Labute approximate surface area is 154 Å². The molecule has 26 heavy (non-hydrogen) atoms. The lowest BCUT2D eigenvalue weighted by atomic mass is 9.90. The van der Waals surface area contributed by atoms with Crippen molar-refractivity contribution in [2.24, 2.45) is 0 Å². The zero-order valence-corrected chi connectivity index (χ0v) is 15.7. The van der Waals surface area contributed by atoms with Gasteiger partial charge in [-0.05, 0) is 52.5 Å². The summed E-state index contributed by atoms with van der Waals surface area (Å²) in [5, 5.41) is 1.65. The van der Waals surface area contributed by atoms with E-state index in [0.29, 0.717) is 19.6 Å². The van der Waals surface area contributed by atoms with Crippen molar-refractivity contribution in [2.45, 2.75) is 64.5 Å². The van der Waals surface area contributed by atoms with Crippen LogP contribution in [0, 0.1) is 0 Å². The maximum Gasteiger partial charge on any atom is 0.528 e. The topological polar surface area (TPSA) is 65.1 Å². The highest BCUT2D eigenvalue weighted by molar-refractivity contribution is 5.99. The predicted molar refractivity (Wildman–Crippen MR) is 96.3 cm³/mol. The second kappa shape index (κ2) is 7.66. The number of fused-ring (bicyclic) bond motifs is 1. The smallest absolute Gasteiger partial charge is 0.492 e. The number of carbonyl (C=O) groups is 2. The number of carbonyl (C=O) groups excluding carboxylic acids is 2. The Morgan fingerprint density at radius 1 is 1.23 bits per heavy atom. The van der Waals surface area contributed by atoms with E-state index in [1.165, 1.54) is 0 Å². The van der Waals surface area contributed by atoms with Crippen LogP contribution in [-0.2, 0) is 16.0 Å². The van der Waals surface area contributed by atoms with Crippen molar-refractivity contribution in [3.63, 3.8) is 0 Å². The summed E-state index contributed by atoms with van der Waals surface area (Å²) >= 11 is 0. The predicted octanol–water partition coefficient (Wildman–Crippen LogP) is 3.92. The summed E-state index contributed by atoms with van der Waals surface area (Å²) in [6.07, 6.45) is 3.46. The summed E-state index contributed by atoms with van der Waals surface area (Å²) in [4.78, 5) is 29.3. The lowest BCUT2D eigenvalue weighted by Crippen LogP contribution is -2.38. The van der Waals surface area contributed by atoms with E-state index in [2.05, 4.69) is 0 Å². The molecule has 1 aromatic carbocycles. The van der Waals surface area contributed by atoms with Crippen LogP contribution in [0.15, 0.2) is 18.2 Å². The Kier molecular flexibility index (Phi) is 5.51. The van der Waals surface area contributed by atoms with E-state index in [1.54, 1.807) is 25.8 Å². The van der Waals surface area contributed by atoms with E-state index < -0.39 is 11.8 Å². The Balaban J connectivity index is 1.60. The zero-order valence-electron chi connectivity index (χ0n) is 15.7. The summed E-state index contributed by atoms with van der Waals surface area (Å²) in [6.45, 7) is 6.49. The van der Waals surface area contributed by atoms with Gasteiger partial charge in [0.15, 0.2) is 5.78 Å². The molecule has 1 aliphatic heterocycles. The Morgan fingerprint density at radius 3 is 2.81 bits per heavy atom. The molecule has 0 radical (unpaired) electrons. The third-order valence-corrected chi connectivity index (χ3v) is 4.60. The lowest BCUT2D eigenvalue weighted by Gasteiger charge is -2.26. The van der Waals surface area contributed by atoms with E-state index in [0.717, 1.165) is 42.6 Å². The van der Waals surface area contributed by atoms with Crippen LogP contribution in [0.25, 0.3) is 0 Å². The van der Waals surface area contributed by atoms with E-state index in [9.17, 15) is 9.59 Å². The fourth-order valence-electron chi connectivity index (χ4n) is 3.43. The van der Waals surface area contributed by atoms with Gasteiger partial charge in [0.1, 0.15) is 18.0 Å². The van der Waals surface area contributed by atoms with Crippen LogP contribution in [0.3, 0.4) is 0 Å². The van der Waals surface area contributed by atoms with Crippen molar-refractivity contribution in [3.05, 3.63) is 29.3 Å². The minimum absolute atomic E-state index is 0.0160. The summed E-state index contributed by atoms with van der Waals surface area (Å²) in [7, 11) is 0. The number of nitrogens with zero attached hydrogens (tertiary/aromatic N) is 1. The van der Waals surface area contributed by atoms with Gasteiger partial charge in [-0.1, -0.05) is 12.1 Å². The maximum atomic E-state index is 12.1. The van der Waals surface area contributed by atoms with Crippen molar-refractivity contribution in [1.82, 2.24) is 5.06 Å². The minimum Gasteiger partial charge on any atom is -0.492 e. The third-order valence-electron chi connectivity index (χ3n) is 4.60. The fraction of sp³-hybridized carbons (Fsp3) is 0.600. The minimum atomic E-state index is -0.688. The number of ether oxygens (including phenoxy) is 2. The number of hydroxylamine groups is 2. The summed E-state index contributed by atoms with van der Waals surface area (Å²) in [5.74, 6) is 0.951. The highest BCUT2D eigenvalue weighted by Crippen LogP contribution is 2.30. The van der Waals surface area contributed by atoms with Gasteiger partial charge in [-0.15, -0.1) is 5.06 Å². The molecular weight excluding hydrogens is 334 g/mol. The molecule has 6 nitrogen and oxygen atoms in total. The molecule has 0 spiro atoms. The average molecular weight is 361 g/mol. The van der Waals surface area contributed by atoms with Gasteiger partial charge in [-0.3, -0.25) is 4.79 Å². The van der Waals surface area contributed by atoms with Crippen LogP contribution in [-0.4, -0.2) is 41.8 Å². The molecule has 1 heterocycles. The van der Waals surface area contributed by atoms with E-state index in [1.807, 2.05) is 18.2 Å². The molecule has 1 aliphatic carbocycles. The van der Waals surface area contributed by atoms with E-state index in [4.69, 9.17) is 14.3 Å². The molecule has 142 valence electrons. The zero-order chi connectivity index (χ0) is 18.7. The number of benzene rings is 1. The SMILES string of the molecule is CC(C)(C)OC(=O)ON1CCC[C@@H]1COc1cccc2c1CCCC2=O. The molecule has 3 rings (SSSR count). The van der Waals surface area contributed by atoms with Crippen LogP contribution >= 0.6 is 0 Å². The molecule has 0 saturated carbocycles. The van der Waals surface area contributed by atoms with Crippen LogP contribution in [0.1, 0.15) is 62.4 Å². The van der Waals surface area contributed by atoms with Crippen molar-refractivity contribution < 1.29 is 23.9 Å². The molecule has 1 aromatic rings. The van der Waals surface area contributed by atoms with Gasteiger partial charge >= 0.3 is 6.16 Å². The van der Waals surface area contributed by atoms with Crippen LogP contribution in [0.2, 0.25) is 0 Å². The molecule has 2 aliphatic rings. The van der Waals surface area contributed by atoms with Crippen LogP contribution in [0.4, 0.5) is 4.79 Å². The Morgan fingerprint density at radius 2 is 2.04 bits per heavy atom. The second-order valence-corrected chi connectivity index (χ2v) is 7.86. The third kappa shape index (κ3) is 4.55. The van der Waals surface area contributed by atoms with Gasteiger partial charge in [0, 0.05) is 24.1 Å². The Hall–Kier alpha value is -2.08. The molecule has 0 N–H and O–H groups in total. The number of rotatable bonds is 4. The first-order chi connectivity index (χ1) is 12.3. The molecule has 1 fully saturated rings. The van der Waals surface area contributed by atoms with Crippen molar-refractivity contribution in [1.29, 1.82) is 0 Å². The van der Waals surface area contributed by atoms with Crippen LogP contribution < -0.4 is 4.74 Å². The average Bonchev–Trinajstić information content (AvgIpc) is 2.98. The number of ketones is 1. The standard InChI is InChI=1S/C20H27NO5/c1-20(2,3)25-19(23)26-21-12-6-7-14(21)13-24-18-11-5-8-15-16(18)9-4-10-17(15)22/h5,8,11,14H,4,6-7,9-10,12-13H2,1-3H3/t14-/m1/s1. The number of Topliss-reactive ketones (excluding diaryl/α,β-unsaturated/α-hetero) is 1. The monoisotopic (exact) mass is 361 g/mol. The summed E-state index contributed by atoms with van der Waals surface area (Å²) in [5.41, 5.74) is 1.20. The van der Waals surface area contributed by atoms with E-state index in [-0.39, 0.29) is 11.8 Å². The second-order valence-electron chi connectivity index (χ2n) is 7.86. The van der Waals surface area contributed by atoms with Crippen LogP contribution in [0.5, 0.6) is 5.75 Å². The molecule has 1 atom stereocenters. The van der Waals surface area contributed by atoms with Crippen molar-refractivity contribution in [3.8, 4) is 5.75 Å². The largest absolute Gasteiger partial charge is 0.528 e. The maximum absolute atomic E-state index is 12.1. The van der Waals surface area contributed by atoms with Gasteiger partial charge in [-0.25, -0.2) is 4.79 Å². The molecule has 1 saturated heterocycles. The molecule has 0 bridgehead atoms. The number of hydrogen-bond acceptors (Lipinski definition) is 6.